The van der Waals surface area contributed by atoms with E-state index in [0.717, 1.165) is 0 Å². The Morgan fingerprint density at radius 3 is 2.36 bits per heavy atom. The van der Waals surface area contributed by atoms with Gasteiger partial charge in [0.2, 0.25) is 0 Å². The molecule has 0 amide bonds. The lowest BCUT2D eigenvalue weighted by molar-refractivity contribution is 0.359. The fourth-order valence-electron chi connectivity index (χ4n) is 1.00. The second-order valence-electron chi connectivity index (χ2n) is 2.58. The first-order valence-corrected chi connectivity index (χ1v) is 5.38. The van der Waals surface area contributed by atoms with Gasteiger partial charge < -0.3 is 9.79 Å². The van der Waals surface area contributed by atoms with Crippen molar-refractivity contribution in [1.82, 2.24) is 0 Å². The molecule has 0 aliphatic carbocycles. The Morgan fingerprint density at radius 2 is 1.93 bits per heavy atom. The SMILES string of the molecule is [N-]=[N+]=NC(c1ccccc1)P(=O)(O)O. The third-order valence-corrected chi connectivity index (χ3v) is 2.62. The van der Waals surface area contributed by atoms with Crippen LogP contribution in [0.15, 0.2) is 35.4 Å². The highest BCUT2D eigenvalue weighted by atomic mass is 31.2. The molecule has 0 saturated heterocycles. The monoisotopic (exact) mass is 213 g/mol. The second kappa shape index (κ2) is 4.26. The zero-order valence-electron chi connectivity index (χ0n) is 7.06. The van der Waals surface area contributed by atoms with Crippen molar-refractivity contribution in [2.45, 2.75) is 5.78 Å². The van der Waals surface area contributed by atoms with Gasteiger partial charge in [-0.2, -0.15) is 0 Å². The van der Waals surface area contributed by atoms with Gasteiger partial charge >= 0.3 is 7.60 Å². The largest absolute Gasteiger partial charge is 0.338 e. The van der Waals surface area contributed by atoms with E-state index in [-0.39, 0.29) is 0 Å². The smallest absolute Gasteiger partial charge is 0.324 e. The van der Waals surface area contributed by atoms with Crippen molar-refractivity contribution in [3.05, 3.63) is 46.3 Å². The lowest BCUT2D eigenvalue weighted by Gasteiger charge is -2.12. The summed E-state index contributed by atoms with van der Waals surface area (Å²) in [6.45, 7) is 0. The van der Waals surface area contributed by atoms with Crippen LogP contribution in [0.5, 0.6) is 0 Å². The van der Waals surface area contributed by atoms with E-state index < -0.39 is 13.4 Å². The van der Waals surface area contributed by atoms with Crippen molar-refractivity contribution in [3.63, 3.8) is 0 Å². The standard InChI is InChI=1S/C7H8N3O3P/c8-10-9-7(14(11,12)13)6-4-2-1-3-5-6/h1-5,7H,(H2,11,12,13). The van der Waals surface area contributed by atoms with Crippen LogP contribution in [0.4, 0.5) is 0 Å². The maximum atomic E-state index is 11.0. The molecule has 7 heteroatoms. The minimum Gasteiger partial charge on any atom is -0.324 e. The minimum atomic E-state index is -4.43. The van der Waals surface area contributed by atoms with Gasteiger partial charge in [0.25, 0.3) is 0 Å². The highest BCUT2D eigenvalue weighted by Gasteiger charge is 2.28. The van der Waals surface area contributed by atoms with Gasteiger partial charge in [0.15, 0.2) is 5.78 Å². The van der Waals surface area contributed by atoms with E-state index in [1.165, 1.54) is 12.1 Å². The zero-order valence-corrected chi connectivity index (χ0v) is 7.95. The van der Waals surface area contributed by atoms with E-state index >= 15 is 0 Å². The van der Waals surface area contributed by atoms with E-state index in [9.17, 15) is 4.57 Å². The van der Waals surface area contributed by atoms with Crippen LogP contribution in [0.1, 0.15) is 11.3 Å². The van der Waals surface area contributed by atoms with Crippen molar-refractivity contribution >= 4 is 7.60 Å². The Bertz CT molecular complexity index is 396. The summed E-state index contributed by atoms with van der Waals surface area (Å²) >= 11 is 0. The van der Waals surface area contributed by atoms with Crippen LogP contribution in [-0.4, -0.2) is 9.79 Å². The van der Waals surface area contributed by atoms with Crippen LogP contribution < -0.4 is 0 Å². The van der Waals surface area contributed by atoms with Crippen LogP contribution in [0.2, 0.25) is 0 Å². The van der Waals surface area contributed by atoms with Gasteiger partial charge in [-0.1, -0.05) is 35.4 Å². The zero-order chi connectivity index (χ0) is 10.6. The average molecular weight is 213 g/mol. The molecule has 0 spiro atoms. The summed E-state index contributed by atoms with van der Waals surface area (Å²) in [5.41, 5.74) is 8.48. The van der Waals surface area contributed by atoms with Gasteiger partial charge in [0, 0.05) is 4.91 Å². The number of nitrogens with zero attached hydrogens (tertiary/aromatic N) is 3. The fourth-order valence-corrected chi connectivity index (χ4v) is 1.74. The molecule has 0 radical (unpaired) electrons. The fraction of sp³-hybridized carbons (Fsp3) is 0.143. The molecular formula is C7H8N3O3P. The van der Waals surface area contributed by atoms with Crippen molar-refractivity contribution in [3.8, 4) is 0 Å². The molecule has 0 aromatic heterocycles. The number of azide groups is 1. The first kappa shape index (κ1) is 10.8. The molecule has 74 valence electrons. The van der Waals surface area contributed by atoms with Crippen molar-refractivity contribution < 1.29 is 14.4 Å². The molecule has 0 heterocycles. The van der Waals surface area contributed by atoms with E-state index in [2.05, 4.69) is 10.0 Å². The highest BCUT2D eigenvalue weighted by Crippen LogP contribution is 2.52. The summed E-state index contributed by atoms with van der Waals surface area (Å²) in [6, 6.07) is 7.93. The molecule has 14 heavy (non-hydrogen) atoms. The molecule has 1 aromatic carbocycles. The predicted octanol–water partition coefficient (Wildman–Crippen LogP) is 2.17. The van der Waals surface area contributed by atoms with Gasteiger partial charge in [-0.3, -0.25) is 4.57 Å². The topological polar surface area (TPSA) is 106 Å². The molecule has 0 saturated carbocycles. The molecular weight excluding hydrogens is 205 g/mol. The number of benzene rings is 1. The van der Waals surface area contributed by atoms with Gasteiger partial charge in [-0.05, 0) is 11.1 Å². The predicted molar refractivity (Wildman–Crippen MR) is 50.4 cm³/mol. The van der Waals surface area contributed by atoms with Gasteiger partial charge in [-0.25, -0.2) is 0 Å². The van der Waals surface area contributed by atoms with Crippen molar-refractivity contribution in [2.24, 2.45) is 5.11 Å². The Kier molecular flexibility index (Phi) is 3.28. The first-order chi connectivity index (χ1) is 6.55. The van der Waals surface area contributed by atoms with Crippen LogP contribution in [-0.2, 0) is 4.57 Å². The number of hydrogen-bond donors (Lipinski definition) is 2. The molecule has 1 rings (SSSR count). The molecule has 0 aliphatic rings. The molecule has 6 nitrogen and oxygen atoms in total. The maximum absolute atomic E-state index is 11.0. The van der Waals surface area contributed by atoms with Crippen LogP contribution >= 0.6 is 7.60 Å². The van der Waals surface area contributed by atoms with Gasteiger partial charge in [-0.15, -0.1) is 0 Å². The molecule has 1 unspecified atom stereocenters. The molecule has 2 N–H and O–H groups in total. The quantitative estimate of drug-likeness (QED) is 0.347. The van der Waals surface area contributed by atoms with E-state index in [4.69, 9.17) is 15.3 Å². The summed E-state index contributed by atoms with van der Waals surface area (Å²) in [5, 5.41) is 3.08. The lowest BCUT2D eigenvalue weighted by atomic mass is 10.2. The Hall–Kier alpha value is -1.32. The van der Waals surface area contributed by atoms with Crippen LogP contribution in [0.3, 0.4) is 0 Å². The number of hydrogen-bond acceptors (Lipinski definition) is 2. The van der Waals surface area contributed by atoms with E-state index in [1.807, 2.05) is 0 Å². The summed E-state index contributed by atoms with van der Waals surface area (Å²) < 4.78 is 11.0. The van der Waals surface area contributed by atoms with Crippen LogP contribution in [0, 0.1) is 0 Å². The summed E-state index contributed by atoms with van der Waals surface area (Å²) in [4.78, 5) is 20.2. The molecule has 1 aromatic rings. The molecule has 1 atom stereocenters. The minimum absolute atomic E-state index is 0.304. The Balaban J connectivity index is 3.14. The normalized spacial score (nSPS) is 13.0. The van der Waals surface area contributed by atoms with Gasteiger partial charge in [0.05, 0.1) is 0 Å². The summed E-state index contributed by atoms with van der Waals surface area (Å²) in [6.07, 6.45) is 0. The van der Waals surface area contributed by atoms with Crippen LogP contribution in [0.25, 0.3) is 10.4 Å². The Labute approximate surface area is 80.0 Å². The van der Waals surface area contributed by atoms with Crippen molar-refractivity contribution in [1.29, 1.82) is 0 Å². The van der Waals surface area contributed by atoms with E-state index in [1.54, 1.807) is 18.2 Å². The first-order valence-electron chi connectivity index (χ1n) is 3.70. The highest BCUT2D eigenvalue weighted by molar-refractivity contribution is 7.52. The van der Waals surface area contributed by atoms with Crippen molar-refractivity contribution in [2.75, 3.05) is 0 Å². The lowest BCUT2D eigenvalue weighted by Crippen LogP contribution is -1.95. The Morgan fingerprint density at radius 1 is 1.36 bits per heavy atom. The second-order valence-corrected chi connectivity index (χ2v) is 4.25. The summed E-state index contributed by atoms with van der Waals surface area (Å²) in [7, 11) is -4.43. The maximum Gasteiger partial charge on any atom is 0.338 e. The third kappa shape index (κ3) is 2.58. The van der Waals surface area contributed by atoms with Gasteiger partial charge in [0.1, 0.15) is 0 Å². The molecule has 0 fully saturated rings. The number of rotatable bonds is 3. The average Bonchev–Trinajstić information content (AvgIpc) is 2.14. The third-order valence-electron chi connectivity index (χ3n) is 1.58. The summed E-state index contributed by atoms with van der Waals surface area (Å²) in [5.74, 6) is -1.44. The molecule has 0 bridgehead atoms. The molecule has 0 aliphatic heterocycles. The van der Waals surface area contributed by atoms with E-state index in [0.29, 0.717) is 5.56 Å².